The molecule has 0 saturated carbocycles. The highest BCUT2D eigenvalue weighted by Gasteiger charge is 2.09. The number of hydrogen-bond donors (Lipinski definition) is 0. The second kappa shape index (κ2) is 3.75. The summed E-state index contributed by atoms with van der Waals surface area (Å²) < 4.78 is 0. The second-order valence-electron chi connectivity index (χ2n) is 3.05. The van der Waals surface area contributed by atoms with Gasteiger partial charge >= 0.3 is 0 Å². The minimum Gasteiger partial charge on any atom is -0.246 e. The molecule has 2 aromatic heterocycles. The number of aryl methyl sites for hydroxylation is 2. The zero-order valence-electron chi connectivity index (χ0n) is 8.35. The quantitative estimate of drug-likeness (QED) is 0.732. The molecule has 0 spiro atoms. The molecule has 0 unspecified atom stereocenters. The molecule has 0 saturated heterocycles. The summed E-state index contributed by atoms with van der Waals surface area (Å²) in [6.07, 6.45) is 1.41. The van der Waals surface area contributed by atoms with Gasteiger partial charge in [0.15, 0.2) is 0 Å². The Balaban J connectivity index is 2.55. The average molecular weight is 216 g/mol. The highest BCUT2D eigenvalue weighted by atomic mass is 32.1. The molecule has 74 valence electrons. The number of nitrogens with zero attached hydrogens (tertiary/aromatic N) is 4. The maximum atomic E-state index is 8.73. The van der Waals surface area contributed by atoms with Gasteiger partial charge in [-0.15, -0.1) is 11.3 Å². The van der Waals surface area contributed by atoms with E-state index in [4.69, 9.17) is 5.26 Å². The van der Waals surface area contributed by atoms with Gasteiger partial charge in [0.2, 0.25) is 0 Å². The maximum absolute atomic E-state index is 8.73. The van der Waals surface area contributed by atoms with Gasteiger partial charge in [-0.3, -0.25) is 0 Å². The number of hydrogen-bond acceptors (Lipinski definition) is 5. The third-order valence-corrected chi connectivity index (χ3v) is 3.01. The first-order valence-corrected chi connectivity index (χ1v) is 5.19. The molecule has 0 aliphatic heterocycles. The molecule has 0 N–H and O–H groups in total. The zero-order chi connectivity index (χ0) is 10.8. The van der Waals surface area contributed by atoms with E-state index >= 15 is 0 Å². The molecule has 0 atom stereocenters. The smallest absolute Gasteiger partial charge is 0.144 e. The topological polar surface area (TPSA) is 62.5 Å². The van der Waals surface area contributed by atoms with Crippen LogP contribution in [0.15, 0.2) is 12.4 Å². The molecule has 0 radical (unpaired) electrons. The monoisotopic (exact) mass is 216 g/mol. The summed E-state index contributed by atoms with van der Waals surface area (Å²) in [5.41, 5.74) is 2.09. The van der Waals surface area contributed by atoms with Crippen LogP contribution in [0.25, 0.3) is 10.6 Å². The summed E-state index contributed by atoms with van der Waals surface area (Å²) in [5.74, 6) is 0. The lowest BCUT2D eigenvalue weighted by Gasteiger charge is -1.96. The van der Waals surface area contributed by atoms with Crippen LogP contribution < -0.4 is 0 Å². The van der Waals surface area contributed by atoms with Crippen molar-refractivity contribution < 1.29 is 0 Å². The fourth-order valence-electron chi connectivity index (χ4n) is 1.31. The Morgan fingerprint density at radius 1 is 1.33 bits per heavy atom. The third-order valence-electron chi connectivity index (χ3n) is 1.92. The van der Waals surface area contributed by atoms with E-state index in [1.165, 1.54) is 6.33 Å². The highest BCUT2D eigenvalue weighted by Crippen LogP contribution is 2.27. The lowest BCUT2D eigenvalue weighted by molar-refractivity contribution is 1.14. The third kappa shape index (κ3) is 1.85. The summed E-state index contributed by atoms with van der Waals surface area (Å²) >= 11 is 1.58. The molecule has 15 heavy (non-hydrogen) atoms. The van der Waals surface area contributed by atoms with E-state index in [0.29, 0.717) is 5.69 Å². The lowest BCUT2D eigenvalue weighted by Crippen LogP contribution is -1.88. The van der Waals surface area contributed by atoms with Gasteiger partial charge < -0.3 is 0 Å². The van der Waals surface area contributed by atoms with Crippen LogP contribution in [0.4, 0.5) is 0 Å². The van der Waals surface area contributed by atoms with Gasteiger partial charge in [0, 0.05) is 6.07 Å². The number of rotatable bonds is 1. The largest absolute Gasteiger partial charge is 0.246 e. The first kappa shape index (κ1) is 9.74. The molecule has 0 fully saturated rings. The molecular formula is C10H8N4S. The Morgan fingerprint density at radius 2 is 2.13 bits per heavy atom. The normalized spacial score (nSPS) is 9.93. The Morgan fingerprint density at radius 3 is 2.73 bits per heavy atom. The molecule has 5 heteroatoms. The van der Waals surface area contributed by atoms with Crippen molar-refractivity contribution in [2.75, 3.05) is 0 Å². The molecule has 4 nitrogen and oxygen atoms in total. The van der Waals surface area contributed by atoms with Crippen LogP contribution in [0.2, 0.25) is 0 Å². The van der Waals surface area contributed by atoms with Crippen molar-refractivity contribution in [3.63, 3.8) is 0 Å². The van der Waals surface area contributed by atoms with Gasteiger partial charge in [0.05, 0.1) is 21.3 Å². The van der Waals surface area contributed by atoms with E-state index in [1.54, 1.807) is 17.4 Å². The van der Waals surface area contributed by atoms with Crippen LogP contribution in [0.5, 0.6) is 0 Å². The van der Waals surface area contributed by atoms with E-state index in [0.717, 1.165) is 21.3 Å². The maximum Gasteiger partial charge on any atom is 0.144 e. The van der Waals surface area contributed by atoms with Crippen molar-refractivity contribution in [2.45, 2.75) is 13.8 Å². The van der Waals surface area contributed by atoms with E-state index in [9.17, 15) is 0 Å². The lowest BCUT2D eigenvalue weighted by atomic mass is 10.2. The van der Waals surface area contributed by atoms with Crippen molar-refractivity contribution in [1.82, 2.24) is 15.0 Å². The Labute approximate surface area is 91.3 Å². The van der Waals surface area contributed by atoms with Crippen molar-refractivity contribution in [2.24, 2.45) is 0 Å². The van der Waals surface area contributed by atoms with Crippen LogP contribution in [0.3, 0.4) is 0 Å². The van der Waals surface area contributed by atoms with Crippen molar-refractivity contribution in [1.29, 1.82) is 5.26 Å². The molecule has 0 amide bonds. The Bertz CT molecular complexity index is 539. The van der Waals surface area contributed by atoms with E-state index < -0.39 is 0 Å². The molecule has 0 aromatic carbocycles. The highest BCUT2D eigenvalue weighted by molar-refractivity contribution is 7.15. The van der Waals surface area contributed by atoms with Crippen LogP contribution in [-0.4, -0.2) is 15.0 Å². The Kier molecular flexibility index (Phi) is 2.44. The van der Waals surface area contributed by atoms with E-state index in [-0.39, 0.29) is 0 Å². The number of aromatic nitrogens is 3. The second-order valence-corrected chi connectivity index (χ2v) is 4.25. The zero-order valence-corrected chi connectivity index (χ0v) is 9.17. The molecule has 0 aliphatic carbocycles. The van der Waals surface area contributed by atoms with Gasteiger partial charge in [-0.2, -0.15) is 5.26 Å². The van der Waals surface area contributed by atoms with Gasteiger partial charge in [-0.05, 0) is 13.8 Å². The molecule has 2 heterocycles. The predicted molar refractivity (Wildman–Crippen MR) is 57.3 cm³/mol. The summed E-state index contributed by atoms with van der Waals surface area (Å²) in [6.45, 7) is 3.89. The van der Waals surface area contributed by atoms with Crippen LogP contribution in [0.1, 0.15) is 16.4 Å². The molecular weight excluding hydrogens is 208 g/mol. The summed E-state index contributed by atoms with van der Waals surface area (Å²) in [5, 5.41) is 9.73. The predicted octanol–water partition coefficient (Wildman–Crippen LogP) is 2.09. The van der Waals surface area contributed by atoms with Crippen molar-refractivity contribution in [3.05, 3.63) is 28.8 Å². The SMILES string of the molecule is Cc1nc(C)c(-c2cc(C#N)ncn2)s1. The average Bonchev–Trinajstić information content (AvgIpc) is 2.58. The Hall–Kier alpha value is -1.80. The van der Waals surface area contributed by atoms with Gasteiger partial charge in [0.1, 0.15) is 18.1 Å². The fraction of sp³-hybridized carbons (Fsp3) is 0.200. The summed E-state index contributed by atoms with van der Waals surface area (Å²) in [4.78, 5) is 13.3. The number of nitriles is 1. The van der Waals surface area contributed by atoms with E-state index in [2.05, 4.69) is 15.0 Å². The molecule has 0 aliphatic rings. The minimum absolute atomic E-state index is 0.380. The van der Waals surface area contributed by atoms with E-state index in [1.807, 2.05) is 19.9 Å². The molecule has 0 bridgehead atoms. The van der Waals surface area contributed by atoms with Crippen molar-refractivity contribution >= 4 is 11.3 Å². The molecule has 2 rings (SSSR count). The van der Waals surface area contributed by atoms with Crippen molar-refractivity contribution in [3.8, 4) is 16.6 Å². The summed E-state index contributed by atoms with van der Waals surface area (Å²) in [7, 11) is 0. The van der Waals surface area contributed by atoms with Crippen LogP contribution in [0, 0.1) is 25.2 Å². The fourth-order valence-corrected chi connectivity index (χ4v) is 2.20. The van der Waals surface area contributed by atoms with Gasteiger partial charge in [0.25, 0.3) is 0 Å². The van der Waals surface area contributed by atoms with Gasteiger partial charge in [-0.1, -0.05) is 0 Å². The minimum atomic E-state index is 0.380. The molecule has 2 aromatic rings. The van der Waals surface area contributed by atoms with Crippen LogP contribution in [-0.2, 0) is 0 Å². The first-order chi connectivity index (χ1) is 7.20. The first-order valence-electron chi connectivity index (χ1n) is 4.37. The van der Waals surface area contributed by atoms with Gasteiger partial charge in [-0.25, -0.2) is 15.0 Å². The standard InChI is InChI=1S/C10H8N4S/c1-6-10(15-7(2)14-6)9-3-8(4-11)12-5-13-9/h3,5H,1-2H3. The summed E-state index contributed by atoms with van der Waals surface area (Å²) in [6, 6.07) is 3.68. The van der Waals surface area contributed by atoms with Crippen LogP contribution >= 0.6 is 11.3 Å². The number of thiazole rings is 1.